The van der Waals surface area contributed by atoms with E-state index in [1.165, 1.54) is 23.1 Å². The molecule has 0 spiro atoms. The first-order valence-electron chi connectivity index (χ1n) is 8.81. The summed E-state index contributed by atoms with van der Waals surface area (Å²) in [4.78, 5) is 22.7. The standard InChI is InChI=1S/C20H14BrCl2N3OS3/c1-10(28-20-24-14-4-2-3-5-15(14)30-20)18(27)25-17-16(29-19(21)26-17)9-11-8-12(22)6-7-13(11)23/h2-8,10H,9H2,1H3,(H,25,27). The van der Waals surface area contributed by atoms with Crippen molar-refractivity contribution in [3.63, 3.8) is 0 Å². The zero-order valence-electron chi connectivity index (χ0n) is 15.5. The molecule has 2 aromatic carbocycles. The highest BCUT2D eigenvalue weighted by atomic mass is 79.9. The summed E-state index contributed by atoms with van der Waals surface area (Å²) in [6, 6.07) is 13.3. The van der Waals surface area contributed by atoms with Crippen LogP contribution in [-0.2, 0) is 11.2 Å². The van der Waals surface area contributed by atoms with Gasteiger partial charge in [0.2, 0.25) is 5.91 Å². The number of thiazole rings is 2. The summed E-state index contributed by atoms with van der Waals surface area (Å²) in [6.07, 6.45) is 0.525. The Balaban J connectivity index is 1.48. The highest BCUT2D eigenvalue weighted by Gasteiger charge is 2.21. The second-order valence-corrected chi connectivity index (χ2v) is 12.2. The van der Waals surface area contributed by atoms with Gasteiger partial charge >= 0.3 is 0 Å². The van der Waals surface area contributed by atoms with Gasteiger partial charge in [-0.25, -0.2) is 9.97 Å². The average Bonchev–Trinajstić information content (AvgIpc) is 3.26. The van der Waals surface area contributed by atoms with E-state index < -0.39 is 0 Å². The Hall–Kier alpha value is -1.16. The highest BCUT2D eigenvalue weighted by molar-refractivity contribution is 9.11. The fourth-order valence-corrected chi connectivity index (χ4v) is 6.83. The molecule has 1 N–H and O–H groups in total. The van der Waals surface area contributed by atoms with Crippen LogP contribution in [0.4, 0.5) is 5.82 Å². The van der Waals surface area contributed by atoms with Crippen molar-refractivity contribution in [2.75, 3.05) is 5.32 Å². The van der Waals surface area contributed by atoms with Crippen molar-refractivity contribution >= 4 is 95.5 Å². The summed E-state index contributed by atoms with van der Waals surface area (Å²) in [6.45, 7) is 1.86. The highest BCUT2D eigenvalue weighted by Crippen LogP contribution is 2.34. The summed E-state index contributed by atoms with van der Waals surface area (Å²) in [5.41, 5.74) is 1.83. The number of benzene rings is 2. The third-order valence-corrected chi connectivity index (χ3v) is 8.53. The summed E-state index contributed by atoms with van der Waals surface area (Å²) >= 11 is 20.3. The van der Waals surface area contributed by atoms with Crippen molar-refractivity contribution in [1.82, 2.24) is 9.97 Å². The van der Waals surface area contributed by atoms with Gasteiger partial charge < -0.3 is 5.32 Å². The molecule has 0 aliphatic rings. The Labute approximate surface area is 204 Å². The van der Waals surface area contributed by atoms with Crippen molar-refractivity contribution in [3.8, 4) is 0 Å². The predicted octanol–water partition coefficient (Wildman–Crippen LogP) is 7.53. The largest absolute Gasteiger partial charge is 0.309 e. The number of carbonyl (C=O) groups is 1. The molecule has 1 unspecified atom stereocenters. The van der Waals surface area contributed by atoms with E-state index in [9.17, 15) is 4.79 Å². The monoisotopic (exact) mass is 557 g/mol. The number of halogens is 3. The van der Waals surface area contributed by atoms with Gasteiger partial charge in [0.1, 0.15) is 5.82 Å². The lowest BCUT2D eigenvalue weighted by Gasteiger charge is -2.10. The van der Waals surface area contributed by atoms with E-state index in [-0.39, 0.29) is 11.2 Å². The Bertz CT molecular complexity index is 1190. The number of aromatic nitrogens is 2. The number of amides is 1. The van der Waals surface area contributed by atoms with Gasteiger partial charge in [0, 0.05) is 16.5 Å². The van der Waals surface area contributed by atoms with Crippen molar-refractivity contribution < 1.29 is 4.79 Å². The molecule has 2 aromatic heterocycles. The minimum atomic E-state index is -0.325. The molecule has 4 aromatic rings. The summed E-state index contributed by atoms with van der Waals surface area (Å²) in [5, 5.41) is 3.87. The van der Waals surface area contributed by atoms with Crippen LogP contribution in [0.2, 0.25) is 10.0 Å². The first-order chi connectivity index (χ1) is 14.4. The maximum absolute atomic E-state index is 12.8. The molecule has 0 saturated heterocycles. The number of hydrogen-bond donors (Lipinski definition) is 1. The van der Waals surface area contributed by atoms with Crippen LogP contribution in [-0.4, -0.2) is 21.1 Å². The second-order valence-electron chi connectivity index (χ2n) is 6.35. The zero-order valence-corrected chi connectivity index (χ0v) is 21.0. The molecule has 0 aliphatic heterocycles. The van der Waals surface area contributed by atoms with Gasteiger partial charge in [-0.2, -0.15) is 0 Å². The molecular weight excluding hydrogens is 545 g/mol. The van der Waals surface area contributed by atoms with E-state index in [1.807, 2.05) is 37.3 Å². The third-order valence-electron chi connectivity index (χ3n) is 4.19. The maximum Gasteiger partial charge on any atom is 0.238 e. The van der Waals surface area contributed by atoms with Crippen molar-refractivity contribution in [1.29, 1.82) is 0 Å². The molecule has 4 nitrogen and oxygen atoms in total. The molecule has 1 atom stereocenters. The first-order valence-corrected chi connectivity index (χ1v) is 12.9. The number of para-hydroxylation sites is 1. The van der Waals surface area contributed by atoms with Gasteiger partial charge in [-0.1, -0.05) is 47.1 Å². The number of thioether (sulfide) groups is 1. The molecule has 2 heterocycles. The van der Waals surface area contributed by atoms with Crippen LogP contribution in [0.5, 0.6) is 0 Å². The van der Waals surface area contributed by atoms with Crippen LogP contribution in [0.25, 0.3) is 10.2 Å². The van der Waals surface area contributed by atoms with Gasteiger partial charge in [-0.05, 0) is 58.7 Å². The first kappa shape index (κ1) is 22.0. The van der Waals surface area contributed by atoms with Crippen LogP contribution in [0.1, 0.15) is 17.4 Å². The summed E-state index contributed by atoms with van der Waals surface area (Å²) in [5.74, 6) is 0.403. The van der Waals surface area contributed by atoms with Crippen molar-refractivity contribution in [2.24, 2.45) is 0 Å². The maximum atomic E-state index is 12.8. The number of rotatable bonds is 6. The minimum Gasteiger partial charge on any atom is -0.309 e. The number of nitrogens with zero attached hydrogens (tertiary/aromatic N) is 2. The van der Waals surface area contributed by atoms with Crippen LogP contribution >= 0.6 is 73.6 Å². The molecule has 4 rings (SSSR count). The van der Waals surface area contributed by atoms with Gasteiger partial charge in [0.15, 0.2) is 8.26 Å². The molecule has 30 heavy (non-hydrogen) atoms. The van der Waals surface area contributed by atoms with Gasteiger partial charge in [-0.3, -0.25) is 4.79 Å². The number of anilines is 1. The summed E-state index contributed by atoms with van der Waals surface area (Å²) < 4.78 is 2.67. The third kappa shape index (κ3) is 5.18. The normalized spacial score (nSPS) is 12.3. The van der Waals surface area contributed by atoms with E-state index in [0.29, 0.717) is 26.2 Å². The Morgan fingerprint density at radius 2 is 2.00 bits per heavy atom. The van der Waals surface area contributed by atoms with E-state index in [0.717, 1.165) is 25.0 Å². The molecule has 10 heteroatoms. The quantitative estimate of drug-likeness (QED) is 0.248. The van der Waals surface area contributed by atoms with Gasteiger partial charge in [0.25, 0.3) is 0 Å². The molecular formula is C20H14BrCl2N3OS3. The Morgan fingerprint density at radius 1 is 1.20 bits per heavy atom. The lowest BCUT2D eigenvalue weighted by atomic mass is 10.1. The SMILES string of the molecule is CC(Sc1nc2ccccc2s1)C(=O)Nc1nc(Br)sc1Cc1cc(Cl)ccc1Cl. The molecule has 0 saturated carbocycles. The van der Waals surface area contributed by atoms with E-state index in [4.69, 9.17) is 23.2 Å². The van der Waals surface area contributed by atoms with E-state index >= 15 is 0 Å². The van der Waals surface area contributed by atoms with E-state index in [2.05, 4.69) is 31.2 Å². The molecule has 154 valence electrons. The van der Waals surface area contributed by atoms with Crippen molar-refractivity contribution in [3.05, 3.63) is 66.9 Å². The van der Waals surface area contributed by atoms with Crippen LogP contribution < -0.4 is 5.32 Å². The lowest BCUT2D eigenvalue weighted by Crippen LogP contribution is -2.23. The molecule has 0 fully saturated rings. The van der Waals surface area contributed by atoms with Gasteiger partial charge in [-0.15, -0.1) is 22.7 Å². The van der Waals surface area contributed by atoms with Crippen LogP contribution in [0, 0.1) is 0 Å². The van der Waals surface area contributed by atoms with Crippen LogP contribution in [0.15, 0.2) is 50.7 Å². The molecule has 0 bridgehead atoms. The number of hydrogen-bond acceptors (Lipinski definition) is 6. The topological polar surface area (TPSA) is 54.9 Å². The minimum absolute atomic E-state index is 0.129. The number of fused-ring (bicyclic) bond motifs is 1. The zero-order chi connectivity index (χ0) is 21.3. The van der Waals surface area contributed by atoms with Crippen molar-refractivity contribution in [2.45, 2.75) is 22.9 Å². The molecule has 1 amide bonds. The smallest absolute Gasteiger partial charge is 0.238 e. The fraction of sp³-hybridized carbons (Fsp3) is 0.150. The Kier molecular flexibility index (Phi) is 7.01. The Morgan fingerprint density at radius 3 is 2.80 bits per heavy atom. The lowest BCUT2D eigenvalue weighted by molar-refractivity contribution is -0.115. The average molecular weight is 559 g/mol. The van der Waals surface area contributed by atoms with Crippen LogP contribution in [0.3, 0.4) is 0 Å². The number of carbonyl (C=O) groups excluding carboxylic acids is 1. The molecule has 0 radical (unpaired) electrons. The molecule has 0 aliphatic carbocycles. The second kappa shape index (κ2) is 9.54. The van der Waals surface area contributed by atoms with E-state index in [1.54, 1.807) is 23.5 Å². The summed E-state index contributed by atoms with van der Waals surface area (Å²) in [7, 11) is 0. The predicted molar refractivity (Wildman–Crippen MR) is 133 cm³/mol. The fourth-order valence-electron chi connectivity index (χ4n) is 2.72. The van der Waals surface area contributed by atoms with Gasteiger partial charge in [0.05, 0.1) is 20.3 Å². The number of nitrogens with one attached hydrogen (secondary N) is 1.